The number of rotatable bonds is 4. The molecule has 0 radical (unpaired) electrons. The molecule has 1 aromatic rings. The maximum Gasteiger partial charge on any atom is 0.313 e. The molecule has 1 aromatic carbocycles. The number of para-hydroxylation sites is 1. The van der Waals surface area contributed by atoms with Gasteiger partial charge in [0.05, 0.1) is 5.60 Å². The Morgan fingerprint density at radius 2 is 1.95 bits per heavy atom. The first kappa shape index (κ1) is 14.5. The minimum atomic E-state index is -0.822. The molecule has 0 atom stereocenters. The van der Waals surface area contributed by atoms with Crippen LogP contribution in [0.5, 0.6) is 0 Å². The SMILES string of the molecule is CCc1ccccc1NC(=O)C(=O)NCC1(O)CCC1. The van der Waals surface area contributed by atoms with Crippen LogP contribution in [0.25, 0.3) is 0 Å². The fraction of sp³-hybridized carbons (Fsp3) is 0.467. The molecule has 0 spiro atoms. The second-order valence-corrected chi connectivity index (χ2v) is 5.23. The van der Waals surface area contributed by atoms with Crippen molar-refractivity contribution < 1.29 is 14.7 Å². The number of aryl methyl sites for hydroxylation is 1. The Morgan fingerprint density at radius 3 is 2.55 bits per heavy atom. The van der Waals surface area contributed by atoms with Crippen LogP contribution in [-0.2, 0) is 16.0 Å². The standard InChI is InChI=1S/C15H20N2O3/c1-2-11-6-3-4-7-12(11)17-14(19)13(18)16-10-15(20)8-5-9-15/h3-4,6-7,20H,2,5,8-10H2,1H3,(H,16,18)(H,17,19). The molecule has 2 amide bonds. The van der Waals surface area contributed by atoms with E-state index in [1.165, 1.54) is 0 Å². The topological polar surface area (TPSA) is 78.4 Å². The van der Waals surface area contributed by atoms with Crippen molar-refractivity contribution >= 4 is 17.5 Å². The number of hydrogen-bond donors (Lipinski definition) is 3. The van der Waals surface area contributed by atoms with Crippen molar-refractivity contribution in [2.75, 3.05) is 11.9 Å². The quantitative estimate of drug-likeness (QED) is 0.723. The van der Waals surface area contributed by atoms with Gasteiger partial charge in [-0.15, -0.1) is 0 Å². The predicted molar refractivity (Wildman–Crippen MR) is 76.3 cm³/mol. The van der Waals surface area contributed by atoms with Gasteiger partial charge in [-0.1, -0.05) is 25.1 Å². The molecule has 2 rings (SSSR count). The van der Waals surface area contributed by atoms with Crippen molar-refractivity contribution in [1.82, 2.24) is 5.32 Å². The summed E-state index contributed by atoms with van der Waals surface area (Å²) in [6.07, 6.45) is 3.08. The Balaban J connectivity index is 1.89. The van der Waals surface area contributed by atoms with Crippen molar-refractivity contribution in [3.05, 3.63) is 29.8 Å². The van der Waals surface area contributed by atoms with Crippen LogP contribution < -0.4 is 10.6 Å². The van der Waals surface area contributed by atoms with Crippen LogP contribution in [0.3, 0.4) is 0 Å². The molecule has 1 aliphatic rings. The molecule has 0 aromatic heterocycles. The summed E-state index contributed by atoms with van der Waals surface area (Å²) in [5.74, 6) is -1.41. The second-order valence-electron chi connectivity index (χ2n) is 5.23. The molecule has 20 heavy (non-hydrogen) atoms. The molecule has 5 heteroatoms. The number of amides is 2. The summed E-state index contributed by atoms with van der Waals surface area (Å²) in [5, 5.41) is 14.9. The first-order valence-corrected chi connectivity index (χ1v) is 6.93. The van der Waals surface area contributed by atoms with Gasteiger partial charge in [0.25, 0.3) is 0 Å². The molecule has 0 unspecified atom stereocenters. The first-order valence-electron chi connectivity index (χ1n) is 6.93. The van der Waals surface area contributed by atoms with Gasteiger partial charge in [0, 0.05) is 12.2 Å². The second kappa shape index (κ2) is 6.05. The molecule has 108 valence electrons. The highest BCUT2D eigenvalue weighted by Crippen LogP contribution is 2.30. The van der Waals surface area contributed by atoms with E-state index in [1.807, 2.05) is 25.1 Å². The molecule has 0 heterocycles. The molecule has 1 fully saturated rings. The number of carbonyl (C=O) groups excluding carboxylic acids is 2. The van der Waals surface area contributed by atoms with Gasteiger partial charge in [-0.3, -0.25) is 9.59 Å². The number of benzene rings is 1. The van der Waals surface area contributed by atoms with E-state index in [4.69, 9.17) is 0 Å². The molecule has 1 aliphatic carbocycles. The minimum Gasteiger partial charge on any atom is -0.388 e. The average Bonchev–Trinajstić information content (AvgIpc) is 2.43. The van der Waals surface area contributed by atoms with Crippen LogP contribution >= 0.6 is 0 Å². The third-order valence-corrected chi connectivity index (χ3v) is 3.71. The number of carbonyl (C=O) groups is 2. The Hall–Kier alpha value is -1.88. The zero-order chi connectivity index (χ0) is 14.6. The van der Waals surface area contributed by atoms with Crippen LogP contribution in [0, 0.1) is 0 Å². The smallest absolute Gasteiger partial charge is 0.313 e. The number of hydrogen-bond acceptors (Lipinski definition) is 3. The van der Waals surface area contributed by atoms with E-state index in [9.17, 15) is 14.7 Å². The largest absolute Gasteiger partial charge is 0.388 e. The molecule has 0 aliphatic heterocycles. The molecule has 1 saturated carbocycles. The van der Waals surface area contributed by atoms with E-state index in [-0.39, 0.29) is 6.54 Å². The number of aliphatic hydroxyl groups is 1. The van der Waals surface area contributed by atoms with Crippen molar-refractivity contribution in [2.24, 2.45) is 0 Å². The van der Waals surface area contributed by atoms with Gasteiger partial charge >= 0.3 is 11.8 Å². The van der Waals surface area contributed by atoms with E-state index in [1.54, 1.807) is 6.07 Å². The highest BCUT2D eigenvalue weighted by atomic mass is 16.3. The van der Waals surface area contributed by atoms with Crippen LogP contribution in [0.4, 0.5) is 5.69 Å². The van der Waals surface area contributed by atoms with Crippen molar-refractivity contribution in [1.29, 1.82) is 0 Å². The van der Waals surface area contributed by atoms with Crippen molar-refractivity contribution in [3.63, 3.8) is 0 Å². The molecule has 0 bridgehead atoms. The fourth-order valence-electron chi connectivity index (χ4n) is 2.22. The summed E-state index contributed by atoms with van der Waals surface area (Å²) in [5.41, 5.74) is 0.806. The lowest BCUT2D eigenvalue weighted by Crippen LogP contribution is -2.49. The maximum absolute atomic E-state index is 11.8. The molecular weight excluding hydrogens is 256 g/mol. The van der Waals surface area contributed by atoms with Gasteiger partial charge in [-0.2, -0.15) is 0 Å². The van der Waals surface area contributed by atoms with Crippen molar-refractivity contribution in [2.45, 2.75) is 38.2 Å². The van der Waals surface area contributed by atoms with Crippen LogP contribution in [0.1, 0.15) is 31.7 Å². The highest BCUT2D eigenvalue weighted by molar-refractivity contribution is 6.39. The first-order chi connectivity index (χ1) is 9.54. The lowest BCUT2D eigenvalue weighted by atomic mass is 9.80. The zero-order valence-electron chi connectivity index (χ0n) is 11.6. The number of anilines is 1. The van der Waals surface area contributed by atoms with E-state index in [0.29, 0.717) is 18.5 Å². The summed E-state index contributed by atoms with van der Waals surface area (Å²) < 4.78 is 0. The monoisotopic (exact) mass is 276 g/mol. The minimum absolute atomic E-state index is 0.134. The van der Waals surface area contributed by atoms with E-state index < -0.39 is 17.4 Å². The van der Waals surface area contributed by atoms with E-state index in [0.717, 1.165) is 18.4 Å². The van der Waals surface area contributed by atoms with Crippen LogP contribution in [-0.4, -0.2) is 29.1 Å². The average molecular weight is 276 g/mol. The number of nitrogens with one attached hydrogen (secondary N) is 2. The summed E-state index contributed by atoms with van der Waals surface area (Å²) in [7, 11) is 0. The molecule has 0 saturated heterocycles. The summed E-state index contributed by atoms with van der Waals surface area (Å²) in [6.45, 7) is 2.12. The molecule has 5 nitrogen and oxygen atoms in total. The van der Waals surface area contributed by atoms with Gasteiger partial charge in [0.1, 0.15) is 0 Å². The lowest BCUT2D eigenvalue weighted by Gasteiger charge is -2.36. The Bertz CT molecular complexity index is 510. The summed E-state index contributed by atoms with van der Waals surface area (Å²) in [4.78, 5) is 23.5. The van der Waals surface area contributed by atoms with E-state index in [2.05, 4.69) is 10.6 Å². The summed E-state index contributed by atoms with van der Waals surface area (Å²) >= 11 is 0. The Morgan fingerprint density at radius 1 is 1.25 bits per heavy atom. The predicted octanol–water partition coefficient (Wildman–Crippen LogP) is 1.22. The third-order valence-electron chi connectivity index (χ3n) is 3.71. The van der Waals surface area contributed by atoms with Gasteiger partial charge in [-0.05, 0) is 37.3 Å². The van der Waals surface area contributed by atoms with Crippen LogP contribution in [0.15, 0.2) is 24.3 Å². The van der Waals surface area contributed by atoms with Gasteiger partial charge < -0.3 is 15.7 Å². The van der Waals surface area contributed by atoms with Crippen LogP contribution in [0.2, 0.25) is 0 Å². The van der Waals surface area contributed by atoms with Gasteiger partial charge in [0.15, 0.2) is 0 Å². The third kappa shape index (κ3) is 3.36. The van der Waals surface area contributed by atoms with Gasteiger partial charge in [-0.25, -0.2) is 0 Å². The van der Waals surface area contributed by atoms with E-state index >= 15 is 0 Å². The van der Waals surface area contributed by atoms with Gasteiger partial charge in [0.2, 0.25) is 0 Å². The summed E-state index contributed by atoms with van der Waals surface area (Å²) in [6, 6.07) is 7.37. The highest BCUT2D eigenvalue weighted by Gasteiger charge is 2.35. The lowest BCUT2D eigenvalue weighted by molar-refractivity contribution is -0.137. The maximum atomic E-state index is 11.8. The Labute approximate surface area is 118 Å². The molecular formula is C15H20N2O3. The molecule has 3 N–H and O–H groups in total. The Kier molecular flexibility index (Phi) is 4.39. The fourth-order valence-corrected chi connectivity index (χ4v) is 2.22. The normalized spacial score (nSPS) is 16.1. The van der Waals surface area contributed by atoms with Crippen molar-refractivity contribution in [3.8, 4) is 0 Å². The zero-order valence-corrected chi connectivity index (χ0v) is 11.6.